The highest BCUT2D eigenvalue weighted by atomic mass is 79.9. The van der Waals surface area contributed by atoms with E-state index in [1.54, 1.807) is 6.07 Å². The van der Waals surface area contributed by atoms with Crippen LogP contribution in [0.5, 0.6) is 11.5 Å². The maximum Gasteiger partial charge on any atom is 0.168 e. The van der Waals surface area contributed by atoms with Gasteiger partial charge in [-0.25, -0.2) is 8.78 Å². The lowest BCUT2D eigenvalue weighted by molar-refractivity contribution is 0.427. The zero-order valence-electron chi connectivity index (χ0n) is 11.1. The molecule has 0 amide bonds. The van der Waals surface area contributed by atoms with Crippen LogP contribution in [0.1, 0.15) is 18.5 Å². The second-order valence-electron chi connectivity index (χ2n) is 4.37. The van der Waals surface area contributed by atoms with Gasteiger partial charge in [0.15, 0.2) is 11.6 Å². The molecule has 0 saturated heterocycles. The van der Waals surface area contributed by atoms with Crippen LogP contribution in [0.2, 0.25) is 0 Å². The van der Waals surface area contributed by atoms with Gasteiger partial charge in [0.2, 0.25) is 0 Å². The van der Waals surface area contributed by atoms with Crippen molar-refractivity contribution in [2.75, 3.05) is 7.05 Å². The van der Waals surface area contributed by atoms with E-state index in [0.29, 0.717) is 5.75 Å². The Bertz CT molecular complexity index is 619. The van der Waals surface area contributed by atoms with Gasteiger partial charge in [-0.3, -0.25) is 0 Å². The molecule has 0 aliphatic rings. The Balaban J connectivity index is 2.39. The van der Waals surface area contributed by atoms with Crippen molar-refractivity contribution in [3.05, 3.63) is 58.1 Å². The Morgan fingerprint density at radius 1 is 1.10 bits per heavy atom. The number of nitrogens with one attached hydrogen (secondary N) is 1. The summed E-state index contributed by atoms with van der Waals surface area (Å²) in [6.07, 6.45) is 0. The lowest BCUT2D eigenvalue weighted by Gasteiger charge is -2.17. The average molecular weight is 342 g/mol. The third kappa shape index (κ3) is 3.35. The Morgan fingerprint density at radius 2 is 1.85 bits per heavy atom. The fraction of sp³-hybridized carbons (Fsp3) is 0.200. The van der Waals surface area contributed by atoms with Gasteiger partial charge in [0.1, 0.15) is 11.6 Å². The quantitative estimate of drug-likeness (QED) is 0.862. The molecule has 2 aromatic carbocycles. The van der Waals surface area contributed by atoms with Gasteiger partial charge in [-0.05, 0) is 38.2 Å². The number of halogens is 3. The summed E-state index contributed by atoms with van der Waals surface area (Å²) in [7, 11) is 1.83. The van der Waals surface area contributed by atoms with E-state index in [2.05, 4.69) is 21.2 Å². The van der Waals surface area contributed by atoms with E-state index in [9.17, 15) is 8.78 Å². The van der Waals surface area contributed by atoms with Crippen molar-refractivity contribution in [1.82, 2.24) is 5.32 Å². The zero-order chi connectivity index (χ0) is 14.7. The standard InChI is InChI=1S/C15H14BrF2NO/c1-9(19-2)12-5-3-10(16)7-15(12)20-14-6-4-11(17)8-13(14)18/h3-9,19H,1-2H3. The SMILES string of the molecule is CNC(C)c1ccc(Br)cc1Oc1ccc(F)cc1F. The first-order valence-electron chi connectivity index (χ1n) is 6.11. The van der Waals surface area contributed by atoms with E-state index >= 15 is 0 Å². The second kappa shape index (κ2) is 6.33. The van der Waals surface area contributed by atoms with E-state index in [1.807, 2.05) is 26.1 Å². The van der Waals surface area contributed by atoms with Gasteiger partial charge >= 0.3 is 0 Å². The number of ether oxygens (including phenoxy) is 1. The van der Waals surface area contributed by atoms with E-state index in [4.69, 9.17) is 4.74 Å². The number of hydrogen-bond acceptors (Lipinski definition) is 2. The molecule has 0 aliphatic heterocycles. The molecule has 1 N–H and O–H groups in total. The Hall–Kier alpha value is -1.46. The van der Waals surface area contributed by atoms with Gasteiger partial charge in [-0.1, -0.05) is 22.0 Å². The van der Waals surface area contributed by atoms with Gasteiger partial charge < -0.3 is 10.1 Å². The minimum atomic E-state index is -0.729. The largest absolute Gasteiger partial charge is 0.454 e. The van der Waals surface area contributed by atoms with Crippen molar-refractivity contribution in [3.8, 4) is 11.5 Å². The van der Waals surface area contributed by atoms with Crippen LogP contribution in [0.15, 0.2) is 40.9 Å². The summed E-state index contributed by atoms with van der Waals surface area (Å²) in [4.78, 5) is 0. The van der Waals surface area contributed by atoms with Crippen LogP contribution in [0.25, 0.3) is 0 Å². The van der Waals surface area contributed by atoms with E-state index in [0.717, 1.165) is 22.2 Å². The third-order valence-corrected chi connectivity index (χ3v) is 3.48. The molecular formula is C15H14BrF2NO. The zero-order valence-corrected chi connectivity index (χ0v) is 12.7. The predicted molar refractivity (Wildman–Crippen MR) is 78.0 cm³/mol. The summed E-state index contributed by atoms with van der Waals surface area (Å²) in [5, 5.41) is 3.10. The molecule has 2 aromatic rings. The van der Waals surface area contributed by atoms with Crippen LogP contribution in [-0.2, 0) is 0 Å². The summed E-state index contributed by atoms with van der Waals surface area (Å²) >= 11 is 3.36. The van der Waals surface area contributed by atoms with Gasteiger partial charge in [-0.15, -0.1) is 0 Å². The molecule has 0 aliphatic carbocycles. The molecule has 0 radical (unpaired) electrons. The summed E-state index contributed by atoms with van der Waals surface area (Å²) in [5.41, 5.74) is 0.888. The molecule has 0 fully saturated rings. The highest BCUT2D eigenvalue weighted by Gasteiger charge is 2.13. The summed E-state index contributed by atoms with van der Waals surface area (Å²) in [5.74, 6) is -0.846. The van der Waals surface area contributed by atoms with Crippen LogP contribution in [0.3, 0.4) is 0 Å². The predicted octanol–water partition coefficient (Wildman–Crippen LogP) is 4.80. The van der Waals surface area contributed by atoms with Crippen LogP contribution in [-0.4, -0.2) is 7.05 Å². The molecule has 1 unspecified atom stereocenters. The van der Waals surface area contributed by atoms with Gasteiger partial charge in [-0.2, -0.15) is 0 Å². The lowest BCUT2D eigenvalue weighted by Crippen LogP contribution is -2.13. The van der Waals surface area contributed by atoms with Crippen LogP contribution in [0, 0.1) is 11.6 Å². The molecule has 0 heterocycles. The second-order valence-corrected chi connectivity index (χ2v) is 5.28. The minimum absolute atomic E-state index is 0.00551. The normalized spacial score (nSPS) is 12.2. The molecule has 20 heavy (non-hydrogen) atoms. The fourth-order valence-electron chi connectivity index (χ4n) is 1.79. The smallest absolute Gasteiger partial charge is 0.168 e. The molecule has 0 bridgehead atoms. The summed E-state index contributed by atoms with van der Waals surface area (Å²) < 4.78 is 33.0. The molecule has 0 aromatic heterocycles. The minimum Gasteiger partial charge on any atom is -0.454 e. The monoisotopic (exact) mass is 341 g/mol. The van der Waals surface area contributed by atoms with Gasteiger partial charge in [0.05, 0.1) is 0 Å². The Morgan fingerprint density at radius 3 is 2.50 bits per heavy atom. The first-order chi connectivity index (χ1) is 9.51. The molecule has 2 rings (SSSR count). The van der Waals surface area contributed by atoms with Crippen molar-refractivity contribution in [2.24, 2.45) is 0 Å². The molecule has 0 spiro atoms. The Kier molecular flexibility index (Phi) is 4.73. The van der Waals surface area contributed by atoms with E-state index < -0.39 is 11.6 Å². The maximum atomic E-state index is 13.7. The first kappa shape index (κ1) is 14.9. The van der Waals surface area contributed by atoms with E-state index in [1.165, 1.54) is 6.07 Å². The highest BCUT2D eigenvalue weighted by molar-refractivity contribution is 9.10. The maximum absolute atomic E-state index is 13.7. The highest BCUT2D eigenvalue weighted by Crippen LogP contribution is 2.33. The average Bonchev–Trinajstić information content (AvgIpc) is 2.41. The van der Waals surface area contributed by atoms with Crippen molar-refractivity contribution in [2.45, 2.75) is 13.0 Å². The van der Waals surface area contributed by atoms with Crippen molar-refractivity contribution in [1.29, 1.82) is 0 Å². The fourth-order valence-corrected chi connectivity index (χ4v) is 2.13. The van der Waals surface area contributed by atoms with Crippen molar-refractivity contribution >= 4 is 15.9 Å². The molecule has 0 saturated carbocycles. The van der Waals surface area contributed by atoms with Gasteiger partial charge in [0.25, 0.3) is 0 Å². The van der Waals surface area contributed by atoms with Crippen LogP contribution < -0.4 is 10.1 Å². The van der Waals surface area contributed by atoms with Gasteiger partial charge in [0, 0.05) is 22.1 Å². The van der Waals surface area contributed by atoms with Crippen molar-refractivity contribution < 1.29 is 13.5 Å². The number of benzene rings is 2. The molecule has 1 atom stereocenters. The lowest BCUT2D eigenvalue weighted by atomic mass is 10.1. The Labute approximate surface area is 124 Å². The van der Waals surface area contributed by atoms with Crippen molar-refractivity contribution in [3.63, 3.8) is 0 Å². The first-order valence-corrected chi connectivity index (χ1v) is 6.90. The van der Waals surface area contributed by atoms with Crippen LogP contribution in [0.4, 0.5) is 8.78 Å². The topological polar surface area (TPSA) is 21.3 Å². The molecule has 5 heteroatoms. The molecule has 2 nitrogen and oxygen atoms in total. The third-order valence-electron chi connectivity index (χ3n) is 2.99. The van der Waals surface area contributed by atoms with Crippen LogP contribution >= 0.6 is 15.9 Å². The summed E-state index contributed by atoms with van der Waals surface area (Å²) in [6.45, 7) is 1.97. The number of hydrogen-bond donors (Lipinski definition) is 1. The summed E-state index contributed by atoms with van der Waals surface area (Å²) in [6, 6.07) is 8.82. The van der Waals surface area contributed by atoms with E-state index in [-0.39, 0.29) is 11.8 Å². The number of rotatable bonds is 4. The molecular weight excluding hydrogens is 328 g/mol. The molecule has 106 valence electrons.